The van der Waals surface area contributed by atoms with Crippen LogP contribution in [0.15, 0.2) is 18.3 Å². The van der Waals surface area contributed by atoms with Gasteiger partial charge in [0.05, 0.1) is 27.5 Å². The molecular weight excluding hydrogens is 318 g/mol. The van der Waals surface area contributed by atoms with Gasteiger partial charge < -0.3 is 19.5 Å². The molecule has 6 nitrogen and oxygen atoms in total. The Hall–Kier alpha value is -2.21. The third-order valence-electron chi connectivity index (χ3n) is 4.96. The maximum Gasteiger partial charge on any atom is 0.129 e. The number of nitrogens with one attached hydrogen (secondary N) is 1. The minimum Gasteiger partial charge on any atom is -0.496 e. The van der Waals surface area contributed by atoms with Crippen molar-refractivity contribution < 1.29 is 14.2 Å². The highest BCUT2D eigenvalue weighted by Crippen LogP contribution is 2.34. The van der Waals surface area contributed by atoms with Crippen molar-refractivity contribution in [1.29, 1.82) is 0 Å². The van der Waals surface area contributed by atoms with Gasteiger partial charge in [-0.1, -0.05) is 0 Å². The van der Waals surface area contributed by atoms with E-state index in [0.29, 0.717) is 6.04 Å². The Kier molecular flexibility index (Phi) is 5.48. The first-order valence-corrected chi connectivity index (χ1v) is 8.71. The van der Waals surface area contributed by atoms with Gasteiger partial charge in [-0.15, -0.1) is 0 Å². The maximum absolute atomic E-state index is 5.53. The lowest BCUT2D eigenvalue weighted by atomic mass is 9.93. The van der Waals surface area contributed by atoms with Crippen molar-refractivity contribution in [3.05, 3.63) is 35.2 Å². The molecule has 0 saturated heterocycles. The van der Waals surface area contributed by atoms with Gasteiger partial charge in [0.1, 0.15) is 17.2 Å². The van der Waals surface area contributed by atoms with Crippen molar-refractivity contribution in [2.24, 2.45) is 7.05 Å². The van der Waals surface area contributed by atoms with Gasteiger partial charge in [0.15, 0.2) is 0 Å². The second-order valence-electron chi connectivity index (χ2n) is 6.33. The average molecular weight is 345 g/mol. The molecule has 1 unspecified atom stereocenters. The van der Waals surface area contributed by atoms with Gasteiger partial charge in [-0.3, -0.25) is 4.68 Å². The molecule has 0 spiro atoms. The quantitative estimate of drug-likeness (QED) is 0.836. The number of ether oxygens (including phenoxy) is 3. The van der Waals surface area contributed by atoms with Crippen LogP contribution in [0.25, 0.3) is 0 Å². The second kappa shape index (κ2) is 7.78. The number of methoxy groups -OCH3 is 3. The summed E-state index contributed by atoms with van der Waals surface area (Å²) in [6.07, 6.45) is 6.28. The van der Waals surface area contributed by atoms with E-state index in [-0.39, 0.29) is 0 Å². The zero-order valence-electron chi connectivity index (χ0n) is 15.5. The lowest BCUT2D eigenvalue weighted by molar-refractivity contribution is 0.367. The highest BCUT2D eigenvalue weighted by atomic mass is 16.5. The summed E-state index contributed by atoms with van der Waals surface area (Å²) in [5, 5.41) is 8.09. The Labute approximate surface area is 149 Å². The lowest BCUT2D eigenvalue weighted by Gasteiger charge is -2.24. The Morgan fingerprint density at radius 1 is 1.16 bits per heavy atom. The standard InChI is InChI=1S/C19H27N3O3/c1-22-17-7-5-6-16(15(17)12-21-22)20-9-8-14-18(24-3)10-13(23-2)11-19(14)25-4/h10-12,16,20H,5-9H2,1-4H3. The summed E-state index contributed by atoms with van der Waals surface area (Å²) >= 11 is 0. The first-order valence-electron chi connectivity index (χ1n) is 8.71. The second-order valence-corrected chi connectivity index (χ2v) is 6.33. The zero-order valence-corrected chi connectivity index (χ0v) is 15.5. The molecule has 1 aliphatic carbocycles. The third-order valence-corrected chi connectivity index (χ3v) is 4.96. The number of benzene rings is 1. The summed E-state index contributed by atoms with van der Waals surface area (Å²) in [6, 6.07) is 4.17. The Bertz CT molecular complexity index is 702. The van der Waals surface area contributed by atoms with Crippen LogP contribution in [0.2, 0.25) is 0 Å². The normalized spacial score (nSPS) is 16.4. The molecular formula is C19H27N3O3. The van der Waals surface area contributed by atoms with E-state index >= 15 is 0 Å². The van der Waals surface area contributed by atoms with Crippen LogP contribution in [-0.2, 0) is 19.9 Å². The molecule has 0 radical (unpaired) electrons. The highest BCUT2D eigenvalue weighted by Gasteiger charge is 2.23. The van der Waals surface area contributed by atoms with Gasteiger partial charge in [-0.05, 0) is 25.7 Å². The molecule has 6 heteroatoms. The molecule has 1 aromatic heterocycles. The van der Waals surface area contributed by atoms with E-state index in [9.17, 15) is 0 Å². The first-order chi connectivity index (χ1) is 12.2. The molecule has 1 atom stereocenters. The summed E-state index contributed by atoms with van der Waals surface area (Å²) in [5.74, 6) is 2.32. The molecule has 1 N–H and O–H groups in total. The van der Waals surface area contributed by atoms with Crippen LogP contribution in [0.4, 0.5) is 0 Å². The minimum absolute atomic E-state index is 0.368. The van der Waals surface area contributed by atoms with E-state index in [2.05, 4.69) is 10.4 Å². The summed E-state index contributed by atoms with van der Waals surface area (Å²) in [4.78, 5) is 0. The molecule has 0 amide bonds. The number of hydrogen-bond donors (Lipinski definition) is 1. The van der Waals surface area contributed by atoms with Crippen molar-refractivity contribution in [2.75, 3.05) is 27.9 Å². The molecule has 1 aromatic carbocycles. The van der Waals surface area contributed by atoms with Crippen molar-refractivity contribution in [1.82, 2.24) is 15.1 Å². The molecule has 0 saturated carbocycles. The smallest absolute Gasteiger partial charge is 0.129 e. The van der Waals surface area contributed by atoms with Crippen molar-refractivity contribution in [3.8, 4) is 17.2 Å². The van der Waals surface area contributed by atoms with Crippen LogP contribution in [0.5, 0.6) is 17.2 Å². The van der Waals surface area contributed by atoms with E-state index in [1.165, 1.54) is 17.7 Å². The van der Waals surface area contributed by atoms with Crippen LogP contribution in [0.3, 0.4) is 0 Å². The number of aromatic nitrogens is 2. The lowest BCUT2D eigenvalue weighted by Crippen LogP contribution is -2.27. The molecule has 136 valence electrons. The largest absolute Gasteiger partial charge is 0.496 e. The molecule has 0 aliphatic heterocycles. The van der Waals surface area contributed by atoms with Crippen LogP contribution >= 0.6 is 0 Å². The first kappa shape index (κ1) is 17.6. The molecule has 1 aliphatic rings. The van der Waals surface area contributed by atoms with Crippen molar-refractivity contribution in [3.63, 3.8) is 0 Å². The number of hydrogen-bond acceptors (Lipinski definition) is 5. The summed E-state index contributed by atoms with van der Waals surface area (Å²) < 4.78 is 18.4. The monoisotopic (exact) mass is 345 g/mol. The van der Waals surface area contributed by atoms with E-state index < -0.39 is 0 Å². The van der Waals surface area contributed by atoms with Crippen molar-refractivity contribution >= 4 is 0 Å². The summed E-state index contributed by atoms with van der Waals surface area (Å²) in [6.45, 7) is 0.845. The topological polar surface area (TPSA) is 57.5 Å². The van der Waals surface area contributed by atoms with Gasteiger partial charge in [0.2, 0.25) is 0 Å². The molecule has 2 aromatic rings. The van der Waals surface area contributed by atoms with Crippen molar-refractivity contribution in [2.45, 2.75) is 31.7 Å². The zero-order chi connectivity index (χ0) is 17.8. The number of aryl methyl sites for hydroxylation is 1. The van der Waals surface area contributed by atoms with Gasteiger partial charge in [-0.2, -0.15) is 5.10 Å². The Morgan fingerprint density at radius 2 is 1.88 bits per heavy atom. The van der Waals surface area contributed by atoms with Gasteiger partial charge in [-0.25, -0.2) is 0 Å². The van der Waals surface area contributed by atoms with Gasteiger partial charge in [0.25, 0.3) is 0 Å². The van der Waals surface area contributed by atoms with Crippen LogP contribution in [0, 0.1) is 0 Å². The highest BCUT2D eigenvalue weighted by molar-refractivity contribution is 5.50. The Balaban J connectivity index is 1.70. The van der Waals surface area contributed by atoms with Crippen LogP contribution in [-0.4, -0.2) is 37.7 Å². The predicted molar refractivity (Wildman–Crippen MR) is 96.7 cm³/mol. The van der Waals surface area contributed by atoms with Gasteiger partial charge in [0, 0.05) is 48.6 Å². The number of nitrogens with zero attached hydrogens (tertiary/aromatic N) is 2. The number of fused-ring (bicyclic) bond motifs is 1. The Morgan fingerprint density at radius 3 is 2.52 bits per heavy atom. The summed E-state index contributed by atoms with van der Waals surface area (Å²) in [5.41, 5.74) is 3.74. The maximum atomic E-state index is 5.53. The predicted octanol–water partition coefficient (Wildman–Crippen LogP) is 2.66. The fourth-order valence-electron chi connectivity index (χ4n) is 3.61. The minimum atomic E-state index is 0.368. The van der Waals surface area contributed by atoms with E-state index in [1.54, 1.807) is 21.3 Å². The van der Waals surface area contributed by atoms with E-state index in [4.69, 9.17) is 14.2 Å². The third kappa shape index (κ3) is 3.58. The molecule has 25 heavy (non-hydrogen) atoms. The fraction of sp³-hybridized carbons (Fsp3) is 0.526. The van der Waals surface area contributed by atoms with E-state index in [0.717, 1.165) is 48.6 Å². The average Bonchev–Trinajstić information content (AvgIpc) is 3.03. The van der Waals surface area contributed by atoms with E-state index in [1.807, 2.05) is 30.1 Å². The fourth-order valence-corrected chi connectivity index (χ4v) is 3.61. The molecule has 0 bridgehead atoms. The molecule has 0 fully saturated rings. The van der Waals surface area contributed by atoms with Gasteiger partial charge >= 0.3 is 0 Å². The molecule has 3 rings (SSSR count). The summed E-state index contributed by atoms with van der Waals surface area (Å²) in [7, 11) is 7.01. The van der Waals surface area contributed by atoms with Crippen LogP contribution in [0.1, 0.15) is 35.7 Å². The van der Waals surface area contributed by atoms with Crippen LogP contribution < -0.4 is 19.5 Å². The SMILES string of the molecule is COc1cc(OC)c(CCNC2CCCc3c2cnn3C)c(OC)c1. The molecule has 1 heterocycles. The number of rotatable bonds is 7.